The molecule has 2 nitrogen and oxygen atoms in total. The molecule has 3 aromatic rings. The van der Waals surface area contributed by atoms with Crippen LogP contribution in [0.15, 0.2) is 115 Å². The molecule has 0 amide bonds. The largest absolute Gasteiger partial charge is 0.401 e. The van der Waals surface area contributed by atoms with Gasteiger partial charge in [0.15, 0.2) is 0 Å². The second kappa shape index (κ2) is 12.8. The van der Waals surface area contributed by atoms with Crippen LogP contribution in [0, 0.1) is 0 Å². The highest BCUT2D eigenvalue weighted by atomic mass is 28.4. The molecular formula is C32H40O2Si. The minimum absolute atomic E-state index is 0.00926. The minimum Gasteiger partial charge on any atom is -0.401 e. The highest BCUT2D eigenvalue weighted by Gasteiger charge is 2.51. The fourth-order valence-corrected chi connectivity index (χ4v) is 9.41. The second-order valence-corrected chi connectivity index (χ2v) is 14.3. The Labute approximate surface area is 213 Å². The molecule has 0 aliphatic rings. The van der Waals surface area contributed by atoms with E-state index in [4.69, 9.17) is 4.43 Å². The van der Waals surface area contributed by atoms with E-state index in [1.165, 1.54) is 10.4 Å². The van der Waals surface area contributed by atoms with Gasteiger partial charge in [0.1, 0.15) is 0 Å². The molecule has 0 saturated carbocycles. The van der Waals surface area contributed by atoms with Gasteiger partial charge >= 0.3 is 0 Å². The number of rotatable bonds is 11. The molecule has 0 bridgehead atoms. The van der Waals surface area contributed by atoms with E-state index in [0.717, 1.165) is 18.4 Å². The highest BCUT2D eigenvalue weighted by molar-refractivity contribution is 6.99. The van der Waals surface area contributed by atoms with Crippen molar-refractivity contribution in [1.29, 1.82) is 0 Å². The molecule has 2 atom stereocenters. The summed E-state index contributed by atoms with van der Waals surface area (Å²) >= 11 is 0. The van der Waals surface area contributed by atoms with Gasteiger partial charge in [0.25, 0.3) is 8.32 Å². The number of allylic oxidation sites excluding steroid dienone is 2. The first kappa shape index (κ1) is 26.9. The van der Waals surface area contributed by atoms with Crippen LogP contribution in [0.4, 0.5) is 0 Å². The summed E-state index contributed by atoms with van der Waals surface area (Å²) in [5, 5.41) is 13.0. The summed E-state index contributed by atoms with van der Waals surface area (Å²) in [4.78, 5) is 0. The molecule has 0 aromatic heterocycles. The molecule has 0 aliphatic heterocycles. The zero-order valence-electron chi connectivity index (χ0n) is 21.6. The van der Waals surface area contributed by atoms with E-state index in [0.29, 0.717) is 6.42 Å². The highest BCUT2D eigenvalue weighted by Crippen LogP contribution is 2.38. The number of hydrogen-bond acceptors (Lipinski definition) is 2. The van der Waals surface area contributed by atoms with E-state index >= 15 is 0 Å². The SMILES string of the molecule is C/C=C/[C@@H](CC/C=C\C[C@@H](O)c1ccccc1)O[Si](c1ccccc1)(c1ccccc1)C(C)(C)C. The van der Waals surface area contributed by atoms with Crippen molar-refractivity contribution in [3.63, 3.8) is 0 Å². The Morgan fingerprint density at radius 1 is 0.800 bits per heavy atom. The van der Waals surface area contributed by atoms with Crippen molar-refractivity contribution in [2.45, 2.75) is 64.2 Å². The van der Waals surface area contributed by atoms with Crippen LogP contribution in [0.1, 0.15) is 58.6 Å². The van der Waals surface area contributed by atoms with Crippen LogP contribution in [0.3, 0.4) is 0 Å². The van der Waals surface area contributed by atoms with Gasteiger partial charge in [-0.25, -0.2) is 0 Å². The van der Waals surface area contributed by atoms with Crippen LogP contribution < -0.4 is 10.4 Å². The Balaban J connectivity index is 1.80. The maximum absolute atomic E-state index is 10.4. The molecule has 3 heteroatoms. The van der Waals surface area contributed by atoms with Gasteiger partial charge in [-0.15, -0.1) is 0 Å². The summed E-state index contributed by atoms with van der Waals surface area (Å²) in [6.07, 6.45) is 10.5. The fourth-order valence-electron chi connectivity index (χ4n) is 4.74. The van der Waals surface area contributed by atoms with Gasteiger partial charge in [0.2, 0.25) is 0 Å². The Kier molecular flexibility index (Phi) is 9.85. The Morgan fingerprint density at radius 2 is 1.31 bits per heavy atom. The zero-order chi connectivity index (χ0) is 25.2. The first-order valence-corrected chi connectivity index (χ1v) is 14.6. The molecule has 0 unspecified atom stereocenters. The molecule has 35 heavy (non-hydrogen) atoms. The molecule has 0 fully saturated rings. The second-order valence-electron chi connectivity index (χ2n) is 10.1. The maximum atomic E-state index is 10.4. The van der Waals surface area contributed by atoms with Crippen molar-refractivity contribution < 1.29 is 9.53 Å². The fraction of sp³-hybridized carbons (Fsp3) is 0.312. The van der Waals surface area contributed by atoms with E-state index in [1.807, 2.05) is 30.3 Å². The van der Waals surface area contributed by atoms with Gasteiger partial charge < -0.3 is 9.53 Å². The van der Waals surface area contributed by atoms with Crippen molar-refractivity contribution in [3.05, 3.63) is 121 Å². The minimum atomic E-state index is -2.60. The van der Waals surface area contributed by atoms with Gasteiger partial charge in [-0.05, 0) is 47.2 Å². The number of aliphatic hydroxyl groups excluding tert-OH is 1. The van der Waals surface area contributed by atoms with Crippen LogP contribution >= 0.6 is 0 Å². The number of aliphatic hydroxyl groups is 1. The smallest absolute Gasteiger partial charge is 0.261 e. The molecule has 0 spiro atoms. The molecule has 0 saturated heterocycles. The lowest BCUT2D eigenvalue weighted by Gasteiger charge is -2.44. The van der Waals surface area contributed by atoms with Gasteiger partial charge in [-0.3, -0.25) is 0 Å². The molecule has 184 valence electrons. The molecular weight excluding hydrogens is 444 g/mol. The lowest BCUT2D eigenvalue weighted by molar-refractivity contribution is 0.181. The van der Waals surface area contributed by atoms with E-state index in [2.05, 4.69) is 113 Å². The molecule has 0 aliphatic carbocycles. The van der Waals surface area contributed by atoms with Crippen molar-refractivity contribution >= 4 is 18.7 Å². The van der Waals surface area contributed by atoms with Crippen LogP contribution in [0.5, 0.6) is 0 Å². The zero-order valence-corrected chi connectivity index (χ0v) is 22.6. The van der Waals surface area contributed by atoms with Gasteiger partial charge in [-0.2, -0.15) is 0 Å². The van der Waals surface area contributed by atoms with Gasteiger partial charge in [-0.1, -0.05) is 136 Å². The van der Waals surface area contributed by atoms with Gasteiger partial charge in [0, 0.05) is 0 Å². The molecule has 0 heterocycles. The van der Waals surface area contributed by atoms with E-state index < -0.39 is 14.4 Å². The molecule has 3 rings (SSSR count). The quantitative estimate of drug-likeness (QED) is 0.235. The summed E-state index contributed by atoms with van der Waals surface area (Å²) < 4.78 is 7.28. The van der Waals surface area contributed by atoms with Crippen LogP contribution in [-0.4, -0.2) is 19.5 Å². The first-order valence-electron chi connectivity index (χ1n) is 12.7. The first-order chi connectivity index (χ1) is 16.9. The molecule has 0 radical (unpaired) electrons. The number of benzene rings is 3. The van der Waals surface area contributed by atoms with Gasteiger partial charge in [0.05, 0.1) is 12.2 Å². The van der Waals surface area contributed by atoms with Crippen LogP contribution in [0.2, 0.25) is 5.04 Å². The third-order valence-electron chi connectivity index (χ3n) is 6.48. The normalized spacial score (nSPS) is 14.4. The lowest BCUT2D eigenvalue weighted by atomic mass is 10.1. The Bertz CT molecular complexity index is 1010. The van der Waals surface area contributed by atoms with Crippen LogP contribution in [-0.2, 0) is 4.43 Å². The Morgan fingerprint density at radius 3 is 1.80 bits per heavy atom. The summed E-state index contributed by atoms with van der Waals surface area (Å²) in [5.74, 6) is 0. The lowest BCUT2D eigenvalue weighted by Crippen LogP contribution is -2.67. The molecule has 3 aromatic carbocycles. The maximum Gasteiger partial charge on any atom is 0.261 e. The average molecular weight is 485 g/mol. The topological polar surface area (TPSA) is 29.5 Å². The van der Waals surface area contributed by atoms with Crippen molar-refractivity contribution in [1.82, 2.24) is 0 Å². The van der Waals surface area contributed by atoms with E-state index in [-0.39, 0.29) is 11.1 Å². The van der Waals surface area contributed by atoms with Crippen molar-refractivity contribution in [3.8, 4) is 0 Å². The Hall–Kier alpha value is -2.72. The summed E-state index contributed by atoms with van der Waals surface area (Å²) in [7, 11) is -2.60. The predicted octanol–water partition coefficient (Wildman–Crippen LogP) is 6.97. The third-order valence-corrected chi connectivity index (χ3v) is 11.5. The standard InChI is InChI=1S/C32H40O2Si/c1-5-18-28(21-12-7-17-26-31(33)27-19-10-6-11-20-27)34-35(32(2,3)4,29-22-13-8-14-23-29)30-24-15-9-16-25-30/h5-11,13-20,22-25,28,31,33H,12,21,26H2,1-4H3/b17-7-,18-5+/t28-,31+/m0/s1. The predicted molar refractivity (Wildman–Crippen MR) is 152 cm³/mol. The van der Waals surface area contributed by atoms with Crippen molar-refractivity contribution in [2.24, 2.45) is 0 Å². The van der Waals surface area contributed by atoms with Crippen LogP contribution in [0.25, 0.3) is 0 Å². The average Bonchev–Trinajstić information content (AvgIpc) is 2.87. The van der Waals surface area contributed by atoms with E-state index in [1.54, 1.807) is 0 Å². The third kappa shape index (κ3) is 6.91. The summed E-state index contributed by atoms with van der Waals surface area (Å²) in [5.41, 5.74) is 0.957. The molecule has 1 N–H and O–H groups in total. The monoisotopic (exact) mass is 484 g/mol. The summed E-state index contributed by atoms with van der Waals surface area (Å²) in [6, 6.07) is 31.5. The van der Waals surface area contributed by atoms with Crippen molar-refractivity contribution in [2.75, 3.05) is 0 Å². The number of hydrogen-bond donors (Lipinski definition) is 1. The summed E-state index contributed by atoms with van der Waals surface area (Å²) in [6.45, 7) is 9.01. The van der Waals surface area contributed by atoms with E-state index in [9.17, 15) is 5.11 Å².